The van der Waals surface area contributed by atoms with Crippen molar-refractivity contribution in [3.05, 3.63) is 30.5 Å². The summed E-state index contributed by atoms with van der Waals surface area (Å²) in [7, 11) is 0. The molecule has 20 heavy (non-hydrogen) atoms. The zero-order chi connectivity index (χ0) is 14.4. The van der Waals surface area contributed by atoms with Gasteiger partial charge in [-0.05, 0) is 12.1 Å². The maximum absolute atomic E-state index is 10.2. The topological polar surface area (TPSA) is 106 Å². The number of benzene rings is 1. The molecule has 7 nitrogen and oxygen atoms in total. The summed E-state index contributed by atoms with van der Waals surface area (Å²) in [5.41, 5.74) is 7.97. The Balaban J connectivity index is 1.97. The van der Waals surface area contributed by atoms with E-state index in [4.69, 9.17) is 10.8 Å². The van der Waals surface area contributed by atoms with Crippen LogP contribution in [0, 0.1) is 11.8 Å². The smallest absolute Gasteiger partial charge is 0.405 e. The van der Waals surface area contributed by atoms with Crippen LogP contribution in [0.3, 0.4) is 0 Å². The van der Waals surface area contributed by atoms with Gasteiger partial charge in [-0.15, -0.1) is 5.10 Å². The van der Waals surface area contributed by atoms with Crippen molar-refractivity contribution in [2.45, 2.75) is 6.54 Å². The number of nitrogens with zero attached hydrogens (tertiary/aromatic N) is 3. The quantitative estimate of drug-likeness (QED) is 0.565. The number of carbonyl (C=O) groups is 1. The van der Waals surface area contributed by atoms with Gasteiger partial charge < -0.3 is 16.2 Å². The van der Waals surface area contributed by atoms with Crippen molar-refractivity contribution in [3.8, 4) is 23.1 Å². The number of hydrogen-bond donors (Lipinski definition) is 3. The summed E-state index contributed by atoms with van der Waals surface area (Å²) in [6.07, 6.45) is 0.665. The Bertz CT molecular complexity index is 669. The van der Waals surface area contributed by atoms with Crippen molar-refractivity contribution in [3.63, 3.8) is 0 Å². The van der Waals surface area contributed by atoms with Crippen LogP contribution in [-0.4, -0.2) is 32.7 Å². The van der Waals surface area contributed by atoms with E-state index < -0.39 is 6.09 Å². The predicted molar refractivity (Wildman–Crippen MR) is 73.7 cm³/mol. The van der Waals surface area contributed by atoms with Crippen molar-refractivity contribution in [1.29, 1.82) is 0 Å². The molecule has 2 aromatic rings. The van der Waals surface area contributed by atoms with E-state index in [0.29, 0.717) is 17.9 Å². The number of nitrogens with two attached hydrogens (primary N) is 1. The molecule has 2 rings (SSSR count). The number of carboxylic acid groups (broad SMARTS) is 1. The van der Waals surface area contributed by atoms with Crippen LogP contribution in [-0.2, 0) is 6.54 Å². The average molecular weight is 271 g/mol. The number of nitrogens with one attached hydrogen (secondary N) is 1. The number of hydrogen-bond acceptors (Lipinski definition) is 4. The number of aromatic nitrogens is 3. The fraction of sp³-hybridized carbons (Fsp3) is 0.154. The Morgan fingerprint density at radius 1 is 1.45 bits per heavy atom. The number of rotatable bonds is 3. The highest BCUT2D eigenvalue weighted by Crippen LogP contribution is 2.18. The van der Waals surface area contributed by atoms with Crippen molar-refractivity contribution < 1.29 is 9.90 Å². The molecule has 0 atom stereocenters. The van der Waals surface area contributed by atoms with Crippen molar-refractivity contribution in [2.24, 2.45) is 0 Å². The molecule has 1 heterocycles. The summed E-state index contributed by atoms with van der Waals surface area (Å²) in [6, 6.07) is 7.36. The molecule has 0 saturated carbocycles. The van der Waals surface area contributed by atoms with Gasteiger partial charge in [-0.2, -0.15) is 0 Å². The second-order valence-corrected chi connectivity index (χ2v) is 3.94. The Morgan fingerprint density at radius 2 is 2.30 bits per heavy atom. The third-order valence-electron chi connectivity index (χ3n) is 2.42. The van der Waals surface area contributed by atoms with E-state index >= 15 is 0 Å². The molecule has 0 unspecified atom stereocenters. The fourth-order valence-corrected chi connectivity index (χ4v) is 1.53. The van der Waals surface area contributed by atoms with Crippen LogP contribution in [0.5, 0.6) is 0 Å². The van der Waals surface area contributed by atoms with E-state index in [1.807, 2.05) is 18.2 Å². The minimum absolute atomic E-state index is 0.0894. The SMILES string of the molecule is Nc1cccc(-c2cn(CC#CCNC(=O)O)nn2)c1. The molecule has 0 aliphatic heterocycles. The van der Waals surface area contributed by atoms with E-state index in [1.165, 1.54) is 0 Å². The molecule has 4 N–H and O–H groups in total. The zero-order valence-corrected chi connectivity index (χ0v) is 10.6. The van der Waals surface area contributed by atoms with Crippen molar-refractivity contribution >= 4 is 11.8 Å². The van der Waals surface area contributed by atoms with Crippen LogP contribution >= 0.6 is 0 Å². The third kappa shape index (κ3) is 3.74. The lowest BCUT2D eigenvalue weighted by Crippen LogP contribution is -2.20. The molecule has 102 valence electrons. The molecule has 1 amide bonds. The standard InChI is InChI=1S/C13H13N5O2/c14-11-5-3-4-10(8-11)12-9-18(17-16-12)7-2-1-6-15-13(19)20/h3-5,8-9,15H,6-7,14H2,(H,19,20). The van der Waals surface area contributed by atoms with Gasteiger partial charge in [0.25, 0.3) is 0 Å². The molecule has 0 spiro atoms. The van der Waals surface area contributed by atoms with Crippen LogP contribution < -0.4 is 11.1 Å². The highest BCUT2D eigenvalue weighted by Gasteiger charge is 2.03. The zero-order valence-electron chi connectivity index (χ0n) is 10.6. The van der Waals surface area contributed by atoms with Crippen LogP contribution in [0.2, 0.25) is 0 Å². The number of anilines is 1. The van der Waals surface area contributed by atoms with Crippen molar-refractivity contribution in [1.82, 2.24) is 20.3 Å². The van der Waals surface area contributed by atoms with Crippen LogP contribution in [0.1, 0.15) is 0 Å². The Morgan fingerprint density at radius 3 is 3.05 bits per heavy atom. The lowest BCUT2D eigenvalue weighted by atomic mass is 10.1. The summed E-state index contributed by atoms with van der Waals surface area (Å²) in [4.78, 5) is 10.2. The van der Waals surface area contributed by atoms with Crippen LogP contribution in [0.4, 0.5) is 10.5 Å². The van der Waals surface area contributed by atoms with Gasteiger partial charge in [0.2, 0.25) is 0 Å². The molecule has 0 aliphatic carbocycles. The molecule has 0 saturated heterocycles. The molecule has 1 aromatic heterocycles. The highest BCUT2D eigenvalue weighted by molar-refractivity contribution is 5.64. The van der Waals surface area contributed by atoms with E-state index in [9.17, 15) is 4.79 Å². The van der Waals surface area contributed by atoms with E-state index in [0.717, 1.165) is 5.56 Å². The first-order chi connectivity index (χ1) is 9.65. The molecule has 0 fully saturated rings. The summed E-state index contributed by atoms with van der Waals surface area (Å²) < 4.78 is 1.58. The van der Waals surface area contributed by atoms with Gasteiger partial charge in [0.05, 0.1) is 12.7 Å². The second-order valence-electron chi connectivity index (χ2n) is 3.94. The average Bonchev–Trinajstić information content (AvgIpc) is 2.87. The van der Waals surface area contributed by atoms with Crippen LogP contribution in [0.25, 0.3) is 11.3 Å². The van der Waals surface area contributed by atoms with Crippen molar-refractivity contribution in [2.75, 3.05) is 12.3 Å². The molecular formula is C13H13N5O2. The maximum Gasteiger partial charge on any atom is 0.405 e. The molecule has 1 aromatic carbocycles. The van der Waals surface area contributed by atoms with Gasteiger partial charge >= 0.3 is 6.09 Å². The molecule has 0 radical (unpaired) electrons. The van der Waals surface area contributed by atoms with Crippen LogP contribution in [0.15, 0.2) is 30.5 Å². The molecule has 7 heteroatoms. The normalized spacial score (nSPS) is 9.60. The van der Waals surface area contributed by atoms with Gasteiger partial charge in [-0.1, -0.05) is 29.2 Å². The second kappa shape index (κ2) is 6.24. The summed E-state index contributed by atoms with van der Waals surface area (Å²) >= 11 is 0. The Kier molecular flexibility index (Phi) is 4.19. The first-order valence-corrected chi connectivity index (χ1v) is 5.84. The first kappa shape index (κ1) is 13.4. The van der Waals surface area contributed by atoms with Gasteiger partial charge in [-0.3, -0.25) is 0 Å². The minimum atomic E-state index is -1.09. The lowest BCUT2D eigenvalue weighted by molar-refractivity contribution is 0.196. The third-order valence-corrected chi connectivity index (χ3v) is 2.42. The summed E-state index contributed by atoms with van der Waals surface area (Å²) in [5, 5.41) is 18.5. The Hall–Kier alpha value is -3.01. The summed E-state index contributed by atoms with van der Waals surface area (Å²) in [5.74, 6) is 5.47. The van der Waals surface area contributed by atoms with E-state index in [1.54, 1.807) is 16.9 Å². The first-order valence-electron chi connectivity index (χ1n) is 5.84. The Labute approximate surface area is 115 Å². The number of nitrogen functional groups attached to an aromatic ring is 1. The van der Waals surface area contributed by atoms with E-state index in [-0.39, 0.29) is 6.54 Å². The predicted octanol–water partition coefficient (Wildman–Crippen LogP) is 0.798. The van der Waals surface area contributed by atoms with Gasteiger partial charge in [0, 0.05) is 11.3 Å². The molecular weight excluding hydrogens is 258 g/mol. The van der Waals surface area contributed by atoms with E-state index in [2.05, 4.69) is 27.5 Å². The minimum Gasteiger partial charge on any atom is -0.465 e. The van der Waals surface area contributed by atoms with Gasteiger partial charge in [-0.25, -0.2) is 9.48 Å². The fourth-order valence-electron chi connectivity index (χ4n) is 1.53. The lowest BCUT2D eigenvalue weighted by Gasteiger charge is -1.96. The van der Waals surface area contributed by atoms with Gasteiger partial charge in [0.15, 0.2) is 0 Å². The largest absolute Gasteiger partial charge is 0.465 e. The summed E-state index contributed by atoms with van der Waals surface area (Å²) in [6.45, 7) is 0.433. The highest BCUT2D eigenvalue weighted by atomic mass is 16.4. The molecule has 0 bridgehead atoms. The maximum atomic E-state index is 10.2. The number of amides is 1. The molecule has 0 aliphatic rings. The van der Waals surface area contributed by atoms with Gasteiger partial charge in [0.1, 0.15) is 12.2 Å². The monoisotopic (exact) mass is 271 g/mol.